The first kappa shape index (κ1) is 13.6. The van der Waals surface area contributed by atoms with Crippen LogP contribution in [0.4, 0.5) is 0 Å². The quantitative estimate of drug-likeness (QED) is 0.884. The molecule has 1 aromatic rings. The summed E-state index contributed by atoms with van der Waals surface area (Å²) in [6.07, 6.45) is 4.53. The lowest BCUT2D eigenvalue weighted by Crippen LogP contribution is -2.49. The number of piperidine rings is 1. The van der Waals surface area contributed by atoms with E-state index in [0.717, 1.165) is 25.9 Å². The van der Waals surface area contributed by atoms with Crippen LogP contribution in [0.2, 0.25) is 0 Å². The second kappa shape index (κ2) is 5.57. The number of amides is 1. The normalized spacial score (nSPS) is 27.9. The van der Waals surface area contributed by atoms with E-state index < -0.39 is 0 Å². The molecule has 3 nitrogen and oxygen atoms in total. The van der Waals surface area contributed by atoms with E-state index in [1.165, 1.54) is 18.4 Å². The van der Waals surface area contributed by atoms with Gasteiger partial charge in [-0.1, -0.05) is 30.3 Å². The van der Waals surface area contributed by atoms with E-state index in [-0.39, 0.29) is 17.4 Å². The monoisotopic (exact) mass is 272 g/mol. The van der Waals surface area contributed by atoms with Crippen LogP contribution in [0.1, 0.15) is 44.2 Å². The maximum atomic E-state index is 12.7. The minimum atomic E-state index is -0.250. The molecule has 1 aromatic carbocycles. The van der Waals surface area contributed by atoms with Crippen LogP contribution in [-0.4, -0.2) is 19.0 Å². The van der Waals surface area contributed by atoms with E-state index in [1.54, 1.807) is 0 Å². The Morgan fingerprint density at radius 3 is 2.70 bits per heavy atom. The summed E-state index contributed by atoms with van der Waals surface area (Å²) in [5, 5.41) is 6.68. The molecule has 2 unspecified atom stereocenters. The first-order chi connectivity index (χ1) is 9.69. The third-order valence-corrected chi connectivity index (χ3v) is 4.68. The highest BCUT2D eigenvalue weighted by Gasteiger charge is 2.39. The first-order valence-electron chi connectivity index (χ1n) is 7.76. The molecule has 3 rings (SSSR count). The minimum Gasteiger partial charge on any atom is -0.349 e. The molecule has 1 aliphatic carbocycles. The van der Waals surface area contributed by atoms with Crippen molar-refractivity contribution in [2.45, 2.75) is 38.6 Å². The molecule has 0 radical (unpaired) electrons. The lowest BCUT2D eigenvalue weighted by molar-refractivity contribution is -0.132. The zero-order valence-electron chi connectivity index (χ0n) is 12.2. The Morgan fingerprint density at radius 2 is 2.10 bits per heavy atom. The summed E-state index contributed by atoms with van der Waals surface area (Å²) >= 11 is 0. The average Bonchev–Trinajstić information content (AvgIpc) is 3.31. The van der Waals surface area contributed by atoms with Gasteiger partial charge in [-0.2, -0.15) is 0 Å². The van der Waals surface area contributed by atoms with Crippen LogP contribution >= 0.6 is 0 Å². The van der Waals surface area contributed by atoms with Gasteiger partial charge < -0.3 is 10.6 Å². The predicted molar refractivity (Wildman–Crippen MR) is 80.3 cm³/mol. The molecule has 0 aromatic heterocycles. The molecule has 0 spiro atoms. The zero-order valence-corrected chi connectivity index (χ0v) is 12.2. The largest absolute Gasteiger partial charge is 0.349 e. The Labute approximate surface area is 121 Å². The molecule has 2 aliphatic rings. The Balaban J connectivity index is 1.72. The molecular formula is C17H24N2O. The molecule has 1 heterocycles. The summed E-state index contributed by atoms with van der Waals surface area (Å²) in [7, 11) is 0. The highest BCUT2D eigenvalue weighted by Crippen LogP contribution is 2.41. The van der Waals surface area contributed by atoms with E-state index in [0.29, 0.717) is 5.92 Å². The van der Waals surface area contributed by atoms with Gasteiger partial charge in [0.05, 0.1) is 11.5 Å². The van der Waals surface area contributed by atoms with E-state index in [9.17, 15) is 4.79 Å². The van der Waals surface area contributed by atoms with Crippen molar-refractivity contribution >= 4 is 5.91 Å². The Kier molecular flexibility index (Phi) is 3.79. The molecule has 2 atom stereocenters. The number of nitrogens with one attached hydrogen (secondary N) is 2. The van der Waals surface area contributed by atoms with Gasteiger partial charge in [0.1, 0.15) is 0 Å². The summed E-state index contributed by atoms with van der Waals surface area (Å²) in [5.74, 6) is 0.840. The van der Waals surface area contributed by atoms with Crippen molar-refractivity contribution in [1.29, 1.82) is 0 Å². The summed E-state index contributed by atoms with van der Waals surface area (Å²) in [5.41, 5.74) is 0.996. The van der Waals surface area contributed by atoms with Gasteiger partial charge in [-0.05, 0) is 50.6 Å². The molecule has 108 valence electrons. The highest BCUT2D eigenvalue weighted by molar-refractivity contribution is 5.83. The molecule has 20 heavy (non-hydrogen) atoms. The molecule has 2 fully saturated rings. The fraction of sp³-hybridized carbons (Fsp3) is 0.588. The van der Waals surface area contributed by atoms with E-state index >= 15 is 0 Å². The van der Waals surface area contributed by atoms with Crippen LogP contribution in [0.25, 0.3) is 0 Å². The maximum absolute atomic E-state index is 12.7. The molecule has 2 N–H and O–H groups in total. The van der Waals surface area contributed by atoms with Crippen molar-refractivity contribution < 1.29 is 4.79 Å². The van der Waals surface area contributed by atoms with Crippen molar-refractivity contribution in [2.75, 3.05) is 13.1 Å². The number of carbonyl (C=O) groups excluding carboxylic acids is 1. The number of hydrogen-bond acceptors (Lipinski definition) is 2. The molecule has 3 heteroatoms. The van der Waals surface area contributed by atoms with Gasteiger partial charge in [0.15, 0.2) is 0 Å². The lowest BCUT2D eigenvalue weighted by atomic mass is 9.81. The standard InChI is InChI=1S/C17H24N2O/c1-17(10-5-11-18-12-17)16(20)19-15(14-8-9-14)13-6-3-2-4-7-13/h2-4,6-7,14-15,18H,5,8-12H2,1H3,(H,19,20). The van der Waals surface area contributed by atoms with Gasteiger partial charge in [0.25, 0.3) is 0 Å². The third-order valence-electron chi connectivity index (χ3n) is 4.68. The SMILES string of the molecule is CC1(C(=O)NC(c2ccccc2)C2CC2)CCCNC1. The summed E-state index contributed by atoms with van der Waals surface area (Å²) in [4.78, 5) is 12.7. The van der Waals surface area contributed by atoms with Crippen molar-refractivity contribution in [2.24, 2.45) is 11.3 Å². The summed E-state index contributed by atoms with van der Waals surface area (Å²) < 4.78 is 0. The van der Waals surface area contributed by atoms with Crippen LogP contribution in [0.5, 0.6) is 0 Å². The van der Waals surface area contributed by atoms with Crippen LogP contribution in [-0.2, 0) is 4.79 Å². The molecule has 0 bridgehead atoms. The number of rotatable bonds is 4. The fourth-order valence-corrected chi connectivity index (χ4v) is 3.13. The Bertz CT molecular complexity index is 461. The molecule has 1 aliphatic heterocycles. The van der Waals surface area contributed by atoms with Crippen molar-refractivity contribution in [3.63, 3.8) is 0 Å². The van der Waals surface area contributed by atoms with Gasteiger partial charge in [0.2, 0.25) is 5.91 Å². The van der Waals surface area contributed by atoms with Gasteiger partial charge in [0, 0.05) is 6.54 Å². The van der Waals surface area contributed by atoms with Crippen LogP contribution in [0.3, 0.4) is 0 Å². The smallest absolute Gasteiger partial charge is 0.227 e. The number of hydrogen-bond donors (Lipinski definition) is 2. The molecular weight excluding hydrogens is 248 g/mol. The fourth-order valence-electron chi connectivity index (χ4n) is 3.13. The van der Waals surface area contributed by atoms with Crippen LogP contribution in [0, 0.1) is 11.3 Å². The molecule has 1 saturated heterocycles. The third kappa shape index (κ3) is 2.88. The Morgan fingerprint density at radius 1 is 1.35 bits per heavy atom. The molecule has 1 saturated carbocycles. The van der Waals surface area contributed by atoms with Crippen LogP contribution < -0.4 is 10.6 Å². The van der Waals surface area contributed by atoms with Gasteiger partial charge in [-0.15, -0.1) is 0 Å². The first-order valence-corrected chi connectivity index (χ1v) is 7.76. The summed E-state index contributed by atoms with van der Waals surface area (Å²) in [6, 6.07) is 10.6. The van der Waals surface area contributed by atoms with Gasteiger partial charge in [-0.3, -0.25) is 4.79 Å². The van der Waals surface area contributed by atoms with Gasteiger partial charge in [-0.25, -0.2) is 0 Å². The van der Waals surface area contributed by atoms with Crippen molar-refractivity contribution in [1.82, 2.24) is 10.6 Å². The number of benzene rings is 1. The minimum absolute atomic E-state index is 0.197. The zero-order chi connectivity index (χ0) is 14.0. The van der Waals surface area contributed by atoms with E-state index in [4.69, 9.17) is 0 Å². The highest BCUT2D eigenvalue weighted by atomic mass is 16.2. The van der Waals surface area contributed by atoms with Crippen molar-refractivity contribution in [3.05, 3.63) is 35.9 Å². The topological polar surface area (TPSA) is 41.1 Å². The van der Waals surface area contributed by atoms with E-state index in [1.807, 2.05) is 6.07 Å². The van der Waals surface area contributed by atoms with Gasteiger partial charge >= 0.3 is 0 Å². The molecule has 1 amide bonds. The van der Waals surface area contributed by atoms with E-state index in [2.05, 4.69) is 41.8 Å². The second-order valence-corrected chi connectivity index (χ2v) is 6.54. The van der Waals surface area contributed by atoms with Crippen molar-refractivity contribution in [3.8, 4) is 0 Å². The second-order valence-electron chi connectivity index (χ2n) is 6.54. The number of carbonyl (C=O) groups is 1. The summed E-state index contributed by atoms with van der Waals surface area (Å²) in [6.45, 7) is 3.92. The van der Waals surface area contributed by atoms with Crippen LogP contribution in [0.15, 0.2) is 30.3 Å². The maximum Gasteiger partial charge on any atom is 0.227 e. The predicted octanol–water partition coefficient (Wildman–Crippen LogP) is 2.64. The Hall–Kier alpha value is -1.35. The average molecular weight is 272 g/mol. The lowest BCUT2D eigenvalue weighted by Gasteiger charge is -2.34.